The molecule has 0 saturated heterocycles. The van der Waals surface area contributed by atoms with Crippen LogP contribution in [0.15, 0.2) is 59.4 Å². The summed E-state index contributed by atoms with van der Waals surface area (Å²) in [7, 11) is 0. The number of benzene rings is 2. The van der Waals surface area contributed by atoms with Gasteiger partial charge in [0, 0.05) is 18.0 Å². The molecule has 1 amide bonds. The SMILES string of the molecule is CC1=NC=C(C(N)=O)[NH+]1c1ccc(Cl)cc1C(=O)c1ccccc1F. The summed E-state index contributed by atoms with van der Waals surface area (Å²) in [6, 6.07) is 10.3. The maximum absolute atomic E-state index is 14.0. The number of amidine groups is 1. The quantitative estimate of drug-likeness (QED) is 0.820. The first-order valence-corrected chi connectivity index (χ1v) is 7.79. The number of nitrogens with zero attached hydrogens (tertiary/aromatic N) is 1. The molecular formula is C18H14ClFN3O2+. The third-order valence-electron chi connectivity index (χ3n) is 3.90. The number of halogens is 2. The summed E-state index contributed by atoms with van der Waals surface area (Å²) in [5.41, 5.74) is 6.13. The summed E-state index contributed by atoms with van der Waals surface area (Å²) in [6.07, 6.45) is 1.36. The van der Waals surface area contributed by atoms with E-state index in [0.29, 0.717) is 21.4 Å². The van der Waals surface area contributed by atoms with Crippen LogP contribution in [0.2, 0.25) is 5.02 Å². The van der Waals surface area contributed by atoms with E-state index in [1.807, 2.05) is 0 Å². The number of nitrogens with one attached hydrogen (secondary N) is 1. The van der Waals surface area contributed by atoms with Gasteiger partial charge in [0.1, 0.15) is 12.0 Å². The highest BCUT2D eigenvalue weighted by atomic mass is 35.5. The van der Waals surface area contributed by atoms with Gasteiger partial charge in [-0.25, -0.2) is 14.3 Å². The number of quaternary nitrogens is 1. The number of amides is 1. The van der Waals surface area contributed by atoms with Gasteiger partial charge in [-0.05, 0) is 24.3 Å². The van der Waals surface area contributed by atoms with Gasteiger partial charge < -0.3 is 5.73 Å². The molecule has 7 heteroatoms. The molecule has 0 aromatic heterocycles. The molecule has 2 aromatic carbocycles. The minimum Gasteiger partial charge on any atom is -0.361 e. The number of carbonyl (C=O) groups is 2. The molecule has 5 nitrogen and oxygen atoms in total. The van der Waals surface area contributed by atoms with Crippen molar-refractivity contribution in [3.8, 4) is 0 Å². The second-order valence-corrected chi connectivity index (χ2v) is 5.93. The Morgan fingerprint density at radius 2 is 1.88 bits per heavy atom. The molecule has 25 heavy (non-hydrogen) atoms. The second kappa shape index (κ2) is 6.58. The van der Waals surface area contributed by atoms with Crippen LogP contribution in [0.1, 0.15) is 22.8 Å². The van der Waals surface area contributed by atoms with Crippen LogP contribution in [0.3, 0.4) is 0 Å². The molecule has 1 aliphatic rings. The molecule has 0 fully saturated rings. The average Bonchev–Trinajstić information content (AvgIpc) is 2.96. The van der Waals surface area contributed by atoms with E-state index in [9.17, 15) is 14.0 Å². The van der Waals surface area contributed by atoms with E-state index in [0.717, 1.165) is 0 Å². The van der Waals surface area contributed by atoms with E-state index in [4.69, 9.17) is 17.3 Å². The minimum atomic E-state index is -0.658. The molecule has 2 aromatic rings. The Labute approximate surface area is 148 Å². The van der Waals surface area contributed by atoms with Crippen LogP contribution in [0.5, 0.6) is 0 Å². The molecule has 126 valence electrons. The van der Waals surface area contributed by atoms with Crippen molar-refractivity contribution in [1.82, 2.24) is 0 Å². The smallest absolute Gasteiger partial charge is 0.305 e. The first-order chi connectivity index (χ1) is 11.9. The summed E-state index contributed by atoms with van der Waals surface area (Å²) in [4.78, 5) is 29.1. The standard InChI is InChI=1S/C18H13ClFN3O2/c1-10-22-9-16(18(21)25)23(10)15-7-6-11(19)8-13(15)17(24)12-4-2-3-5-14(12)20/h2-9H,1H3,(H2,21,25)/p+1. The summed E-state index contributed by atoms with van der Waals surface area (Å²) < 4.78 is 14.0. The van der Waals surface area contributed by atoms with E-state index in [-0.39, 0.29) is 16.8 Å². The van der Waals surface area contributed by atoms with Crippen molar-refractivity contribution in [3.05, 3.63) is 76.3 Å². The molecule has 1 heterocycles. The van der Waals surface area contributed by atoms with Gasteiger partial charge in [-0.3, -0.25) is 9.59 Å². The molecule has 0 radical (unpaired) electrons. The van der Waals surface area contributed by atoms with E-state index >= 15 is 0 Å². The third kappa shape index (κ3) is 3.09. The van der Waals surface area contributed by atoms with Crippen molar-refractivity contribution in [1.29, 1.82) is 0 Å². The van der Waals surface area contributed by atoms with Gasteiger partial charge >= 0.3 is 5.91 Å². The summed E-state index contributed by atoms with van der Waals surface area (Å²) in [6.45, 7) is 1.70. The largest absolute Gasteiger partial charge is 0.361 e. The predicted octanol–water partition coefficient (Wildman–Crippen LogP) is 1.99. The highest BCUT2D eigenvalue weighted by molar-refractivity contribution is 6.31. The van der Waals surface area contributed by atoms with E-state index in [1.165, 1.54) is 30.5 Å². The van der Waals surface area contributed by atoms with Crippen molar-refractivity contribution < 1.29 is 18.9 Å². The summed E-state index contributed by atoms with van der Waals surface area (Å²) >= 11 is 6.04. The number of carbonyl (C=O) groups excluding carboxylic acids is 2. The van der Waals surface area contributed by atoms with Gasteiger partial charge in [0.25, 0.3) is 0 Å². The Bertz CT molecular complexity index is 953. The Kier molecular flexibility index (Phi) is 4.48. The molecule has 3 N–H and O–H groups in total. The number of hydrogen-bond donors (Lipinski definition) is 2. The lowest BCUT2D eigenvalue weighted by Gasteiger charge is -2.17. The molecule has 1 atom stereocenters. The normalized spacial score (nSPS) is 16.4. The zero-order valence-electron chi connectivity index (χ0n) is 13.2. The molecule has 1 aliphatic heterocycles. The predicted molar refractivity (Wildman–Crippen MR) is 92.3 cm³/mol. The number of ketones is 1. The fourth-order valence-electron chi connectivity index (χ4n) is 2.72. The zero-order chi connectivity index (χ0) is 18.1. The molecule has 3 rings (SSSR count). The minimum absolute atomic E-state index is 0.0798. The molecule has 0 bridgehead atoms. The molecule has 0 aliphatic carbocycles. The van der Waals surface area contributed by atoms with Gasteiger partial charge in [-0.2, -0.15) is 0 Å². The van der Waals surface area contributed by atoms with Crippen molar-refractivity contribution in [2.24, 2.45) is 10.7 Å². The molecule has 1 unspecified atom stereocenters. The van der Waals surface area contributed by atoms with Crippen LogP contribution in [-0.4, -0.2) is 17.5 Å². The molecule has 0 saturated carbocycles. The topological polar surface area (TPSA) is 77.0 Å². The lowest BCUT2D eigenvalue weighted by atomic mass is 10.00. The summed E-state index contributed by atoms with van der Waals surface area (Å²) in [5, 5.41) is 0.321. The third-order valence-corrected chi connectivity index (χ3v) is 4.13. The lowest BCUT2D eigenvalue weighted by molar-refractivity contribution is -0.676. The van der Waals surface area contributed by atoms with Crippen LogP contribution in [0.4, 0.5) is 10.1 Å². The van der Waals surface area contributed by atoms with Crippen molar-refractivity contribution in [2.75, 3.05) is 0 Å². The first kappa shape index (κ1) is 17.0. The number of rotatable bonds is 4. The van der Waals surface area contributed by atoms with Gasteiger partial charge in [-0.15, -0.1) is 0 Å². The van der Waals surface area contributed by atoms with Crippen molar-refractivity contribution in [3.63, 3.8) is 0 Å². The highest BCUT2D eigenvalue weighted by Gasteiger charge is 2.34. The second-order valence-electron chi connectivity index (χ2n) is 5.50. The van der Waals surface area contributed by atoms with Crippen LogP contribution < -0.4 is 10.6 Å². The maximum Gasteiger partial charge on any atom is 0.305 e. The fraction of sp³-hybridized carbons (Fsp3) is 0.0556. The lowest BCUT2D eigenvalue weighted by Crippen LogP contribution is -3.08. The van der Waals surface area contributed by atoms with E-state index in [1.54, 1.807) is 25.1 Å². The average molecular weight is 359 g/mol. The fourth-order valence-corrected chi connectivity index (χ4v) is 2.90. The van der Waals surface area contributed by atoms with Gasteiger partial charge in [-0.1, -0.05) is 23.7 Å². The van der Waals surface area contributed by atoms with Crippen molar-refractivity contribution in [2.45, 2.75) is 6.92 Å². The number of primary amides is 1. The van der Waals surface area contributed by atoms with Gasteiger partial charge in [0.2, 0.25) is 17.3 Å². The highest BCUT2D eigenvalue weighted by Crippen LogP contribution is 2.23. The van der Waals surface area contributed by atoms with Crippen molar-refractivity contribution >= 4 is 34.8 Å². The Hall–Kier alpha value is -2.83. The monoisotopic (exact) mass is 358 g/mol. The van der Waals surface area contributed by atoms with Crippen LogP contribution in [0.25, 0.3) is 0 Å². The maximum atomic E-state index is 14.0. The van der Waals surface area contributed by atoms with E-state index < -0.39 is 17.5 Å². The van der Waals surface area contributed by atoms with Crippen LogP contribution in [0, 0.1) is 5.82 Å². The van der Waals surface area contributed by atoms with Crippen LogP contribution in [-0.2, 0) is 4.79 Å². The number of aliphatic imine (C=N–C) groups is 1. The molecular weight excluding hydrogens is 345 g/mol. The molecule has 0 spiro atoms. The zero-order valence-corrected chi connectivity index (χ0v) is 14.0. The van der Waals surface area contributed by atoms with E-state index in [2.05, 4.69) is 4.99 Å². The number of hydrogen-bond acceptors (Lipinski definition) is 3. The van der Waals surface area contributed by atoms with Crippen LogP contribution >= 0.6 is 11.6 Å². The van der Waals surface area contributed by atoms with Gasteiger partial charge in [0.15, 0.2) is 5.69 Å². The number of nitrogens with two attached hydrogens (primary N) is 1. The Morgan fingerprint density at radius 1 is 1.16 bits per heavy atom. The Morgan fingerprint density at radius 3 is 2.56 bits per heavy atom. The summed E-state index contributed by atoms with van der Waals surface area (Å²) in [5.74, 6) is -1.29. The first-order valence-electron chi connectivity index (χ1n) is 7.41. The Balaban J connectivity index is 2.16. The van der Waals surface area contributed by atoms with Gasteiger partial charge in [0.05, 0.1) is 11.1 Å².